The van der Waals surface area contributed by atoms with Crippen LogP contribution in [0.4, 0.5) is 0 Å². The van der Waals surface area contributed by atoms with Gasteiger partial charge in [-0.3, -0.25) is 9.89 Å². The van der Waals surface area contributed by atoms with Gasteiger partial charge in [-0.25, -0.2) is 0 Å². The quantitative estimate of drug-likeness (QED) is 0.573. The number of nitrogens with zero attached hydrogens (tertiary/aromatic N) is 2. The van der Waals surface area contributed by atoms with Crippen molar-refractivity contribution in [3.8, 4) is 0 Å². The molecule has 0 aromatic carbocycles. The van der Waals surface area contributed by atoms with Crippen molar-refractivity contribution in [1.29, 1.82) is 0 Å². The molecular formula is C23H28ClN3O2. The number of alkyl halides is 1. The first-order valence-electron chi connectivity index (χ1n) is 10.9. The highest BCUT2D eigenvalue weighted by molar-refractivity contribution is 6.22. The van der Waals surface area contributed by atoms with Crippen LogP contribution in [0.3, 0.4) is 0 Å². The molecule has 0 spiro atoms. The number of carbonyl (C=O) groups is 1. The van der Waals surface area contributed by atoms with Crippen LogP contribution < -0.4 is 0 Å². The van der Waals surface area contributed by atoms with Crippen molar-refractivity contribution in [2.24, 2.45) is 11.8 Å². The van der Waals surface area contributed by atoms with E-state index in [4.69, 9.17) is 11.6 Å². The van der Waals surface area contributed by atoms with Gasteiger partial charge < -0.3 is 10.0 Å². The molecule has 4 unspecified atom stereocenters. The van der Waals surface area contributed by atoms with E-state index in [-0.39, 0.29) is 17.2 Å². The maximum Gasteiger partial charge on any atom is 0.226 e. The molecule has 4 aliphatic carbocycles. The van der Waals surface area contributed by atoms with Gasteiger partial charge in [-0.15, -0.1) is 11.6 Å². The molecule has 0 radical (unpaired) electrons. The van der Waals surface area contributed by atoms with Crippen molar-refractivity contribution >= 4 is 17.5 Å². The van der Waals surface area contributed by atoms with E-state index in [0.717, 1.165) is 51.4 Å². The smallest absolute Gasteiger partial charge is 0.226 e. The maximum atomic E-state index is 13.5. The number of aromatic nitrogens is 2. The molecular weight excluding hydrogens is 386 g/mol. The predicted molar refractivity (Wildman–Crippen MR) is 113 cm³/mol. The Labute approximate surface area is 176 Å². The van der Waals surface area contributed by atoms with E-state index in [1.807, 2.05) is 18.3 Å². The van der Waals surface area contributed by atoms with Crippen molar-refractivity contribution in [3.05, 3.63) is 53.1 Å². The van der Waals surface area contributed by atoms with Gasteiger partial charge in [-0.2, -0.15) is 5.10 Å². The number of allylic oxidation sites excluding steroid dienone is 5. The number of aliphatic hydroxyl groups is 1. The van der Waals surface area contributed by atoms with Crippen LogP contribution in [0.25, 0.3) is 0 Å². The minimum Gasteiger partial charge on any atom is -0.512 e. The first-order valence-corrected chi connectivity index (χ1v) is 11.3. The Bertz CT molecular complexity index is 882. The van der Waals surface area contributed by atoms with Gasteiger partial charge in [0.05, 0.1) is 17.5 Å². The Morgan fingerprint density at radius 2 is 2.07 bits per heavy atom. The molecule has 1 amide bonds. The minimum atomic E-state index is -0.215. The summed E-state index contributed by atoms with van der Waals surface area (Å²) in [6, 6.07) is 0.724. The number of H-pyrrole nitrogens is 1. The molecule has 0 bridgehead atoms. The predicted octanol–water partition coefficient (Wildman–Crippen LogP) is 4.22. The number of aliphatic hydroxyl groups excluding tert-OH is 1. The van der Waals surface area contributed by atoms with E-state index in [0.29, 0.717) is 23.8 Å². The zero-order chi connectivity index (χ0) is 20.0. The van der Waals surface area contributed by atoms with Crippen LogP contribution in [-0.2, 0) is 17.6 Å². The van der Waals surface area contributed by atoms with Crippen molar-refractivity contribution in [2.45, 2.75) is 68.8 Å². The number of halogens is 1. The third kappa shape index (κ3) is 3.65. The van der Waals surface area contributed by atoms with E-state index in [1.54, 1.807) is 6.08 Å². The SMILES string of the molecule is O=C(C1CC=C(C2C(O)=CC=CC2Cl)CC1)N(C1CC1)C1CCc2[nH]ncc2C1. The van der Waals surface area contributed by atoms with Gasteiger partial charge in [-0.05, 0) is 63.0 Å². The molecule has 2 N–H and O–H groups in total. The van der Waals surface area contributed by atoms with Crippen molar-refractivity contribution in [2.75, 3.05) is 0 Å². The topological polar surface area (TPSA) is 69.2 Å². The number of hydrogen-bond acceptors (Lipinski definition) is 3. The molecule has 1 saturated carbocycles. The van der Waals surface area contributed by atoms with E-state index in [9.17, 15) is 9.90 Å². The Hall–Kier alpha value is -2.01. The van der Waals surface area contributed by atoms with Gasteiger partial charge in [0.15, 0.2) is 0 Å². The summed E-state index contributed by atoms with van der Waals surface area (Å²) in [6.45, 7) is 0. The third-order valence-electron chi connectivity index (χ3n) is 6.97. The fourth-order valence-electron chi connectivity index (χ4n) is 5.25. The summed E-state index contributed by atoms with van der Waals surface area (Å²) in [7, 11) is 0. The number of rotatable bonds is 4. The number of amides is 1. The fraction of sp³-hybridized carbons (Fsp3) is 0.565. The molecule has 154 valence electrons. The summed E-state index contributed by atoms with van der Waals surface area (Å²) in [5.41, 5.74) is 3.68. The average molecular weight is 414 g/mol. The minimum absolute atomic E-state index is 0.0455. The zero-order valence-electron chi connectivity index (χ0n) is 16.6. The first-order chi connectivity index (χ1) is 14.1. The fourth-order valence-corrected chi connectivity index (χ4v) is 5.62. The molecule has 1 heterocycles. The average Bonchev–Trinajstić information content (AvgIpc) is 3.44. The molecule has 4 atom stereocenters. The molecule has 6 heteroatoms. The maximum absolute atomic E-state index is 13.5. The van der Waals surface area contributed by atoms with Crippen LogP contribution in [0.5, 0.6) is 0 Å². The molecule has 5 nitrogen and oxygen atoms in total. The number of carbonyl (C=O) groups excluding carboxylic acids is 1. The number of hydrogen-bond donors (Lipinski definition) is 2. The second-order valence-electron chi connectivity index (χ2n) is 8.90. The summed E-state index contributed by atoms with van der Waals surface area (Å²) in [5, 5.41) is 17.3. The number of aryl methyl sites for hydroxylation is 1. The van der Waals surface area contributed by atoms with Gasteiger partial charge in [0, 0.05) is 23.7 Å². The normalized spacial score (nSPS) is 31.6. The number of fused-ring (bicyclic) bond motifs is 1. The summed E-state index contributed by atoms with van der Waals surface area (Å²) in [6.07, 6.45) is 17.1. The van der Waals surface area contributed by atoms with Crippen LogP contribution in [0.1, 0.15) is 49.8 Å². The lowest BCUT2D eigenvalue weighted by molar-refractivity contribution is -0.139. The first kappa shape index (κ1) is 19.0. The van der Waals surface area contributed by atoms with Crippen LogP contribution in [0, 0.1) is 11.8 Å². The molecule has 0 saturated heterocycles. The summed E-state index contributed by atoms with van der Waals surface area (Å²) in [4.78, 5) is 15.7. The zero-order valence-corrected chi connectivity index (χ0v) is 17.3. The molecule has 5 rings (SSSR count). The summed E-state index contributed by atoms with van der Waals surface area (Å²) in [5.74, 6) is 0.561. The van der Waals surface area contributed by atoms with E-state index >= 15 is 0 Å². The molecule has 0 aliphatic heterocycles. The largest absolute Gasteiger partial charge is 0.512 e. The molecule has 4 aliphatic rings. The summed E-state index contributed by atoms with van der Waals surface area (Å²) >= 11 is 6.43. The molecule has 1 fully saturated rings. The Balaban J connectivity index is 1.28. The lowest BCUT2D eigenvalue weighted by Gasteiger charge is -2.38. The monoisotopic (exact) mass is 413 g/mol. The number of aromatic amines is 1. The molecule has 1 aromatic rings. The van der Waals surface area contributed by atoms with E-state index in [1.165, 1.54) is 16.8 Å². The third-order valence-corrected chi connectivity index (χ3v) is 7.37. The highest BCUT2D eigenvalue weighted by atomic mass is 35.5. The van der Waals surface area contributed by atoms with Gasteiger partial charge >= 0.3 is 0 Å². The van der Waals surface area contributed by atoms with Gasteiger partial charge in [-0.1, -0.05) is 23.8 Å². The van der Waals surface area contributed by atoms with Crippen LogP contribution in [0.2, 0.25) is 0 Å². The van der Waals surface area contributed by atoms with Gasteiger partial charge in [0.1, 0.15) is 5.76 Å². The van der Waals surface area contributed by atoms with Gasteiger partial charge in [0.2, 0.25) is 5.91 Å². The summed E-state index contributed by atoms with van der Waals surface area (Å²) < 4.78 is 0. The van der Waals surface area contributed by atoms with Crippen molar-refractivity contribution in [3.63, 3.8) is 0 Å². The Morgan fingerprint density at radius 3 is 2.79 bits per heavy atom. The standard InChI is InChI=1S/C23H28ClN3O2/c24-19-2-1-3-21(28)22(19)14-4-6-15(7-5-14)23(29)27(17-8-9-17)18-10-11-20-16(12-18)13-25-26-20/h1-4,13,15,17-19,22,28H,5-12H2,(H,25,26). The van der Waals surface area contributed by atoms with E-state index < -0.39 is 0 Å². The highest BCUT2D eigenvalue weighted by Gasteiger charge is 2.41. The van der Waals surface area contributed by atoms with E-state index in [2.05, 4.69) is 21.2 Å². The molecule has 1 aromatic heterocycles. The van der Waals surface area contributed by atoms with Crippen LogP contribution >= 0.6 is 11.6 Å². The number of nitrogens with one attached hydrogen (secondary N) is 1. The van der Waals surface area contributed by atoms with Crippen molar-refractivity contribution < 1.29 is 9.90 Å². The molecule has 29 heavy (non-hydrogen) atoms. The Morgan fingerprint density at radius 1 is 1.21 bits per heavy atom. The lowest BCUT2D eigenvalue weighted by Crippen LogP contribution is -2.47. The lowest BCUT2D eigenvalue weighted by atomic mass is 9.79. The Kier molecular flexibility index (Phi) is 5.02. The van der Waals surface area contributed by atoms with Crippen LogP contribution in [0.15, 0.2) is 41.8 Å². The van der Waals surface area contributed by atoms with Crippen molar-refractivity contribution in [1.82, 2.24) is 15.1 Å². The second kappa shape index (κ2) is 7.67. The second-order valence-corrected chi connectivity index (χ2v) is 9.40. The van der Waals surface area contributed by atoms with Crippen LogP contribution in [-0.4, -0.2) is 43.6 Å². The highest BCUT2D eigenvalue weighted by Crippen LogP contribution is 2.40. The van der Waals surface area contributed by atoms with Gasteiger partial charge in [0.25, 0.3) is 0 Å².